The van der Waals surface area contributed by atoms with Gasteiger partial charge >= 0.3 is 5.97 Å². The van der Waals surface area contributed by atoms with E-state index in [-0.39, 0.29) is 17.6 Å². The first-order chi connectivity index (χ1) is 17.2. The van der Waals surface area contributed by atoms with Gasteiger partial charge in [-0.3, -0.25) is 14.2 Å². The molecule has 0 radical (unpaired) electrons. The van der Waals surface area contributed by atoms with Crippen LogP contribution < -0.4 is 19.8 Å². The zero-order valence-corrected chi connectivity index (χ0v) is 22.2. The molecule has 7 nitrogen and oxygen atoms in total. The minimum Gasteiger partial charge on any atom is -0.459 e. The maximum atomic E-state index is 14.0. The molecule has 0 aliphatic carbocycles. The number of carbonyl (C=O) groups excluding carboxylic acids is 2. The van der Waals surface area contributed by atoms with Crippen LogP contribution in [0, 0.1) is 0 Å². The Morgan fingerprint density at radius 3 is 2.47 bits per heavy atom. The number of hydrogen-bond acceptors (Lipinski definition) is 7. The molecular formula is C27H25N3O4S2. The largest absolute Gasteiger partial charge is 0.459 e. The summed E-state index contributed by atoms with van der Waals surface area (Å²) in [5.74, 6) is -0.748. The van der Waals surface area contributed by atoms with Gasteiger partial charge in [0.05, 0.1) is 34.7 Å². The Morgan fingerprint density at radius 2 is 1.81 bits per heavy atom. The first kappa shape index (κ1) is 24.3. The van der Waals surface area contributed by atoms with Crippen molar-refractivity contribution < 1.29 is 14.3 Å². The lowest BCUT2D eigenvalue weighted by atomic mass is 9.96. The van der Waals surface area contributed by atoms with Gasteiger partial charge in [-0.15, -0.1) is 11.8 Å². The molecule has 1 aromatic heterocycles. The highest BCUT2D eigenvalue weighted by Gasteiger charge is 2.36. The van der Waals surface area contributed by atoms with Gasteiger partial charge in [-0.1, -0.05) is 41.7 Å². The van der Waals surface area contributed by atoms with Gasteiger partial charge in [0.2, 0.25) is 0 Å². The number of benzene rings is 2. The number of ether oxygens (including phenoxy) is 1. The van der Waals surface area contributed by atoms with Gasteiger partial charge in [-0.2, -0.15) is 0 Å². The maximum absolute atomic E-state index is 14.0. The number of thioether (sulfide) groups is 1. The predicted molar refractivity (Wildman–Crippen MR) is 142 cm³/mol. The van der Waals surface area contributed by atoms with Crippen LogP contribution >= 0.6 is 23.1 Å². The second-order valence-electron chi connectivity index (χ2n) is 8.89. The van der Waals surface area contributed by atoms with E-state index in [1.54, 1.807) is 44.5 Å². The molecule has 3 heterocycles. The number of thiazole rings is 1. The van der Waals surface area contributed by atoms with Crippen molar-refractivity contribution in [2.45, 2.75) is 37.8 Å². The van der Waals surface area contributed by atoms with Crippen LogP contribution in [0.25, 0.3) is 5.57 Å². The average Bonchev–Trinajstić information content (AvgIpc) is 3.30. The molecule has 0 unspecified atom stereocenters. The van der Waals surface area contributed by atoms with Crippen molar-refractivity contribution in [3.8, 4) is 0 Å². The first-order valence-electron chi connectivity index (χ1n) is 11.5. The molecule has 5 rings (SSSR count). The number of carbonyl (C=O) groups is 2. The minimum absolute atomic E-state index is 0.238. The number of para-hydroxylation sites is 1. The Labute approximate surface area is 216 Å². The summed E-state index contributed by atoms with van der Waals surface area (Å²) in [7, 11) is 1.70. The fourth-order valence-corrected chi connectivity index (χ4v) is 6.15. The molecule has 36 heavy (non-hydrogen) atoms. The third-order valence-electron chi connectivity index (χ3n) is 6.27. The molecule has 0 N–H and O–H groups in total. The predicted octanol–water partition coefficient (Wildman–Crippen LogP) is 3.26. The van der Waals surface area contributed by atoms with Crippen LogP contribution in [0.15, 0.2) is 74.5 Å². The Bertz CT molecular complexity index is 1610. The summed E-state index contributed by atoms with van der Waals surface area (Å²) in [4.78, 5) is 48.2. The first-order valence-corrected chi connectivity index (χ1v) is 13.5. The lowest BCUT2D eigenvalue weighted by Crippen LogP contribution is -2.41. The molecule has 3 aromatic rings. The number of aromatic nitrogens is 1. The van der Waals surface area contributed by atoms with E-state index in [9.17, 15) is 14.4 Å². The van der Waals surface area contributed by atoms with Crippen molar-refractivity contribution >= 4 is 46.2 Å². The van der Waals surface area contributed by atoms with Crippen molar-refractivity contribution in [3.63, 3.8) is 0 Å². The number of esters is 1. The molecule has 0 saturated carbocycles. The minimum atomic E-state index is -0.720. The summed E-state index contributed by atoms with van der Waals surface area (Å²) in [6.07, 6.45) is 1.66. The van der Waals surface area contributed by atoms with E-state index in [1.165, 1.54) is 15.9 Å². The monoisotopic (exact) mass is 519 g/mol. The van der Waals surface area contributed by atoms with Crippen molar-refractivity contribution in [2.24, 2.45) is 4.99 Å². The zero-order chi connectivity index (χ0) is 25.7. The maximum Gasteiger partial charge on any atom is 0.338 e. The van der Waals surface area contributed by atoms with E-state index >= 15 is 0 Å². The van der Waals surface area contributed by atoms with E-state index in [2.05, 4.69) is 4.99 Å². The Morgan fingerprint density at radius 1 is 1.11 bits per heavy atom. The lowest BCUT2D eigenvalue weighted by Gasteiger charge is -2.25. The summed E-state index contributed by atoms with van der Waals surface area (Å²) >= 11 is 2.78. The topological polar surface area (TPSA) is 81.0 Å². The number of amides is 1. The van der Waals surface area contributed by atoms with Crippen LogP contribution in [0.5, 0.6) is 0 Å². The zero-order valence-electron chi connectivity index (χ0n) is 20.6. The molecule has 2 aliphatic rings. The number of hydrogen-bond donors (Lipinski definition) is 0. The van der Waals surface area contributed by atoms with E-state index in [4.69, 9.17) is 4.74 Å². The van der Waals surface area contributed by atoms with Gasteiger partial charge in [0, 0.05) is 17.5 Å². The number of allylic oxidation sites excluding steroid dienone is 1. The van der Waals surface area contributed by atoms with Crippen LogP contribution in [0.1, 0.15) is 37.9 Å². The molecule has 0 fully saturated rings. The summed E-state index contributed by atoms with van der Waals surface area (Å²) in [5.41, 5.74) is 3.06. The highest BCUT2D eigenvalue weighted by atomic mass is 32.2. The Balaban J connectivity index is 1.80. The number of rotatable bonds is 4. The van der Waals surface area contributed by atoms with E-state index in [0.717, 1.165) is 16.1 Å². The quantitative estimate of drug-likeness (QED) is 0.391. The van der Waals surface area contributed by atoms with Gasteiger partial charge in [-0.05, 0) is 50.8 Å². The molecule has 0 saturated heterocycles. The van der Waals surface area contributed by atoms with Gasteiger partial charge < -0.3 is 9.64 Å². The van der Waals surface area contributed by atoms with Crippen molar-refractivity contribution in [1.82, 2.24) is 4.57 Å². The molecule has 0 bridgehead atoms. The lowest BCUT2D eigenvalue weighted by molar-refractivity contribution is -0.143. The van der Waals surface area contributed by atoms with Gasteiger partial charge in [0.15, 0.2) is 4.80 Å². The molecule has 0 spiro atoms. The summed E-state index contributed by atoms with van der Waals surface area (Å²) in [6.45, 7) is 5.32. The molecular weight excluding hydrogens is 494 g/mol. The summed E-state index contributed by atoms with van der Waals surface area (Å²) < 4.78 is 7.40. The second kappa shape index (κ2) is 9.22. The average molecular weight is 520 g/mol. The highest BCUT2D eigenvalue weighted by Crippen LogP contribution is 2.35. The van der Waals surface area contributed by atoms with E-state index in [1.807, 2.05) is 54.8 Å². The molecule has 1 amide bonds. The van der Waals surface area contributed by atoms with Crippen LogP contribution in [-0.2, 0) is 14.3 Å². The number of fused-ring (bicyclic) bond motifs is 2. The van der Waals surface area contributed by atoms with Crippen LogP contribution in [0.4, 0.5) is 5.69 Å². The molecule has 184 valence electrons. The Hall–Kier alpha value is -3.43. The molecule has 2 aromatic carbocycles. The standard InChI is InChI=1S/C27H25N3O4S2/c1-14(2)34-26(33)20-15(3)28-27-30(22(20)16-10-12-17(35-5)13-11-16)25(32)23(36-27)21-18-8-6-7-9-19(18)29(4)24(21)31/h6-14,22H,1-5H3/b23-21+/t22-/m1/s1. The Kier molecular flexibility index (Phi) is 6.22. The van der Waals surface area contributed by atoms with Crippen molar-refractivity contribution in [2.75, 3.05) is 18.2 Å². The fraction of sp³-hybridized carbons (Fsp3) is 0.259. The third kappa shape index (κ3) is 3.83. The second-order valence-corrected chi connectivity index (χ2v) is 10.7. The molecule has 1 atom stereocenters. The number of nitrogens with zero attached hydrogens (tertiary/aromatic N) is 3. The van der Waals surface area contributed by atoms with Gasteiger partial charge in [0.1, 0.15) is 4.53 Å². The number of anilines is 1. The van der Waals surface area contributed by atoms with E-state index < -0.39 is 12.0 Å². The number of likely N-dealkylation sites (N-methyl/N-ethyl adjacent to an activating group) is 1. The van der Waals surface area contributed by atoms with E-state index in [0.29, 0.717) is 31.7 Å². The highest BCUT2D eigenvalue weighted by molar-refractivity contribution is 7.98. The fourth-order valence-electron chi connectivity index (χ4n) is 4.60. The van der Waals surface area contributed by atoms with Crippen molar-refractivity contribution in [1.29, 1.82) is 0 Å². The SMILES string of the molecule is CSc1ccc([C@@H]2C(C(=O)OC(C)C)=C(C)N=c3s/c(=C4/C(=O)N(C)c5ccccc54)c(=O)n32)cc1. The van der Waals surface area contributed by atoms with Crippen LogP contribution in [0.3, 0.4) is 0 Å². The smallest absolute Gasteiger partial charge is 0.338 e. The van der Waals surface area contributed by atoms with Crippen LogP contribution in [0.2, 0.25) is 0 Å². The third-order valence-corrected chi connectivity index (χ3v) is 8.07. The molecule has 2 aliphatic heterocycles. The van der Waals surface area contributed by atoms with Crippen LogP contribution in [-0.4, -0.2) is 35.9 Å². The molecule has 9 heteroatoms. The normalized spacial score (nSPS) is 18.3. The summed E-state index contributed by atoms with van der Waals surface area (Å²) in [5, 5.41) is 0. The van der Waals surface area contributed by atoms with Gasteiger partial charge in [0.25, 0.3) is 11.5 Å². The summed E-state index contributed by atoms with van der Waals surface area (Å²) in [6, 6.07) is 14.5. The van der Waals surface area contributed by atoms with Gasteiger partial charge in [-0.25, -0.2) is 9.79 Å². The van der Waals surface area contributed by atoms with Crippen molar-refractivity contribution in [3.05, 3.63) is 90.6 Å².